The van der Waals surface area contributed by atoms with Crippen molar-refractivity contribution in [2.24, 2.45) is 0 Å². The van der Waals surface area contributed by atoms with E-state index < -0.39 is 0 Å². The molecule has 0 saturated heterocycles. The van der Waals surface area contributed by atoms with Gasteiger partial charge in [-0.05, 0) is 42.0 Å². The first kappa shape index (κ1) is 18.5. The number of rotatable bonds is 5. The minimum absolute atomic E-state index is 0. The van der Waals surface area contributed by atoms with Crippen LogP contribution in [0.4, 0.5) is 5.69 Å². The molecule has 1 aliphatic heterocycles. The van der Waals surface area contributed by atoms with Gasteiger partial charge in [-0.3, -0.25) is 0 Å². The fourth-order valence-corrected chi connectivity index (χ4v) is 4.03. The Kier molecular flexibility index (Phi) is 6.35. The summed E-state index contributed by atoms with van der Waals surface area (Å²) in [6, 6.07) is 30.8. The highest BCUT2D eigenvalue weighted by Gasteiger charge is 2.19. The van der Waals surface area contributed by atoms with Gasteiger partial charge in [-0.1, -0.05) is 78.9 Å². The maximum Gasteiger partial charge on any atom is 0.0398 e. The molecule has 0 atom stereocenters. The molecule has 1 heterocycles. The average molecular weight is 364 g/mol. The van der Waals surface area contributed by atoms with Crippen LogP contribution >= 0.6 is 12.4 Å². The number of para-hydroxylation sites is 1. The third-order valence-electron chi connectivity index (χ3n) is 5.30. The second-order valence-corrected chi connectivity index (χ2v) is 6.88. The van der Waals surface area contributed by atoms with Crippen molar-refractivity contribution >= 4 is 18.1 Å². The lowest BCUT2D eigenvalue weighted by molar-refractivity contribution is 0.634. The Morgan fingerprint density at radius 2 is 1.31 bits per heavy atom. The number of hydrogen-bond acceptors (Lipinski definition) is 1. The minimum atomic E-state index is 0. The highest BCUT2D eigenvalue weighted by atomic mass is 35.5. The van der Waals surface area contributed by atoms with Crippen molar-refractivity contribution in [3.8, 4) is 0 Å². The molecule has 0 fully saturated rings. The zero-order chi connectivity index (χ0) is 16.9. The van der Waals surface area contributed by atoms with E-state index in [-0.39, 0.29) is 12.4 Å². The van der Waals surface area contributed by atoms with Crippen molar-refractivity contribution in [1.82, 2.24) is 0 Å². The SMILES string of the molecule is Cl.c1ccc(C(CCN2CCCc3ccccc32)c2ccccc2)cc1. The van der Waals surface area contributed by atoms with Gasteiger partial charge in [-0.2, -0.15) is 0 Å². The van der Waals surface area contributed by atoms with Crippen LogP contribution in [-0.4, -0.2) is 13.1 Å². The predicted molar refractivity (Wildman–Crippen MR) is 114 cm³/mol. The third-order valence-corrected chi connectivity index (χ3v) is 5.30. The fraction of sp³-hybridized carbons (Fsp3) is 0.250. The fourth-order valence-electron chi connectivity index (χ4n) is 4.03. The smallest absolute Gasteiger partial charge is 0.0398 e. The lowest BCUT2D eigenvalue weighted by Gasteiger charge is -2.32. The summed E-state index contributed by atoms with van der Waals surface area (Å²) in [5.74, 6) is 0.455. The first-order chi connectivity index (χ1) is 12.4. The molecule has 1 nitrogen and oxygen atoms in total. The Hall–Kier alpha value is -2.25. The molecule has 3 aromatic rings. The van der Waals surface area contributed by atoms with E-state index in [2.05, 4.69) is 89.8 Å². The van der Waals surface area contributed by atoms with Crippen LogP contribution < -0.4 is 4.90 Å². The molecular formula is C24H26ClN. The number of anilines is 1. The molecule has 0 N–H and O–H groups in total. The number of aryl methyl sites for hydroxylation is 1. The first-order valence-electron chi connectivity index (χ1n) is 9.34. The first-order valence-corrected chi connectivity index (χ1v) is 9.34. The molecule has 1 aliphatic rings. The third kappa shape index (κ3) is 4.11. The standard InChI is InChI=1S/C24H25N.ClH/c1-3-10-20(11-4-1)23(21-12-5-2-6-13-21)17-19-25-18-9-15-22-14-7-8-16-24(22)25;/h1-8,10-14,16,23H,9,15,17-19H2;1H. The van der Waals surface area contributed by atoms with Gasteiger partial charge >= 0.3 is 0 Å². The van der Waals surface area contributed by atoms with Gasteiger partial charge in [0, 0.05) is 24.7 Å². The van der Waals surface area contributed by atoms with Crippen LogP contribution in [0.2, 0.25) is 0 Å². The van der Waals surface area contributed by atoms with Crippen LogP contribution in [0.25, 0.3) is 0 Å². The molecule has 0 bridgehead atoms. The van der Waals surface area contributed by atoms with Crippen molar-refractivity contribution in [2.75, 3.05) is 18.0 Å². The molecule has 0 radical (unpaired) electrons. The van der Waals surface area contributed by atoms with Crippen LogP contribution in [0.3, 0.4) is 0 Å². The van der Waals surface area contributed by atoms with Crippen LogP contribution in [0.5, 0.6) is 0 Å². The molecule has 2 heteroatoms. The Labute approximate surface area is 163 Å². The maximum absolute atomic E-state index is 2.58. The summed E-state index contributed by atoms with van der Waals surface area (Å²) in [5.41, 5.74) is 5.77. The Balaban J connectivity index is 0.00000196. The molecule has 0 amide bonds. The number of nitrogens with zero attached hydrogens (tertiary/aromatic N) is 1. The molecule has 0 aromatic heterocycles. The van der Waals surface area contributed by atoms with Gasteiger partial charge in [0.05, 0.1) is 0 Å². The van der Waals surface area contributed by atoms with Gasteiger partial charge in [-0.15, -0.1) is 12.4 Å². The van der Waals surface area contributed by atoms with Crippen molar-refractivity contribution in [2.45, 2.75) is 25.2 Å². The number of hydrogen-bond donors (Lipinski definition) is 0. The molecule has 3 aromatic carbocycles. The van der Waals surface area contributed by atoms with Gasteiger partial charge in [0.25, 0.3) is 0 Å². The Bertz CT molecular complexity index is 761. The Morgan fingerprint density at radius 1 is 0.731 bits per heavy atom. The van der Waals surface area contributed by atoms with Crippen molar-refractivity contribution in [3.05, 3.63) is 102 Å². The van der Waals surface area contributed by atoms with E-state index in [0.29, 0.717) is 5.92 Å². The highest BCUT2D eigenvalue weighted by Crippen LogP contribution is 2.31. The van der Waals surface area contributed by atoms with Crippen LogP contribution in [0, 0.1) is 0 Å². The monoisotopic (exact) mass is 363 g/mol. The summed E-state index contributed by atoms with van der Waals surface area (Å²) < 4.78 is 0. The average Bonchev–Trinajstić information content (AvgIpc) is 2.70. The molecule has 0 unspecified atom stereocenters. The summed E-state index contributed by atoms with van der Waals surface area (Å²) in [5, 5.41) is 0. The van der Waals surface area contributed by atoms with E-state index in [0.717, 1.165) is 13.0 Å². The predicted octanol–water partition coefficient (Wildman–Crippen LogP) is 6.08. The maximum atomic E-state index is 2.58. The summed E-state index contributed by atoms with van der Waals surface area (Å²) >= 11 is 0. The second kappa shape index (κ2) is 8.91. The zero-order valence-electron chi connectivity index (χ0n) is 15.1. The lowest BCUT2D eigenvalue weighted by Crippen LogP contribution is -2.31. The number of halogens is 1. The molecule has 0 spiro atoms. The second-order valence-electron chi connectivity index (χ2n) is 6.88. The van der Waals surface area contributed by atoms with Crippen molar-refractivity contribution < 1.29 is 0 Å². The number of fused-ring (bicyclic) bond motifs is 1. The molecule has 4 rings (SSSR count). The number of benzene rings is 3. The van der Waals surface area contributed by atoms with E-state index in [4.69, 9.17) is 0 Å². The van der Waals surface area contributed by atoms with Crippen LogP contribution in [0.15, 0.2) is 84.9 Å². The molecular weight excluding hydrogens is 338 g/mol. The summed E-state index contributed by atoms with van der Waals surface area (Å²) in [6.45, 7) is 2.28. The van der Waals surface area contributed by atoms with Gasteiger partial charge < -0.3 is 4.90 Å². The van der Waals surface area contributed by atoms with E-state index in [1.54, 1.807) is 0 Å². The van der Waals surface area contributed by atoms with Crippen LogP contribution in [0.1, 0.15) is 35.4 Å². The topological polar surface area (TPSA) is 3.24 Å². The van der Waals surface area contributed by atoms with E-state index in [1.807, 2.05) is 0 Å². The highest BCUT2D eigenvalue weighted by molar-refractivity contribution is 5.85. The van der Waals surface area contributed by atoms with Gasteiger partial charge in [0.15, 0.2) is 0 Å². The van der Waals surface area contributed by atoms with E-state index in [9.17, 15) is 0 Å². The van der Waals surface area contributed by atoms with E-state index in [1.165, 1.54) is 41.8 Å². The summed E-state index contributed by atoms with van der Waals surface area (Å²) in [4.78, 5) is 2.58. The zero-order valence-corrected chi connectivity index (χ0v) is 15.9. The van der Waals surface area contributed by atoms with Gasteiger partial charge in [0.2, 0.25) is 0 Å². The summed E-state index contributed by atoms with van der Waals surface area (Å²) in [7, 11) is 0. The lowest BCUT2D eigenvalue weighted by atomic mass is 9.88. The van der Waals surface area contributed by atoms with Crippen molar-refractivity contribution in [3.63, 3.8) is 0 Å². The Morgan fingerprint density at radius 3 is 1.96 bits per heavy atom. The molecule has 0 aliphatic carbocycles. The van der Waals surface area contributed by atoms with E-state index >= 15 is 0 Å². The molecule has 134 valence electrons. The quantitative estimate of drug-likeness (QED) is 0.530. The molecule has 26 heavy (non-hydrogen) atoms. The summed E-state index contributed by atoms with van der Waals surface area (Å²) in [6.07, 6.45) is 3.62. The largest absolute Gasteiger partial charge is 0.371 e. The minimum Gasteiger partial charge on any atom is -0.371 e. The normalized spacial score (nSPS) is 13.2. The van der Waals surface area contributed by atoms with Crippen molar-refractivity contribution in [1.29, 1.82) is 0 Å². The van der Waals surface area contributed by atoms with Gasteiger partial charge in [-0.25, -0.2) is 0 Å². The van der Waals surface area contributed by atoms with Crippen LogP contribution in [-0.2, 0) is 6.42 Å². The molecule has 0 saturated carbocycles. The van der Waals surface area contributed by atoms with Gasteiger partial charge in [0.1, 0.15) is 0 Å².